The van der Waals surface area contributed by atoms with E-state index in [4.69, 9.17) is 0 Å². The summed E-state index contributed by atoms with van der Waals surface area (Å²) in [5.41, 5.74) is 1.64. The molecule has 0 saturated heterocycles. The maximum Gasteiger partial charge on any atom is 0.234 e. The Morgan fingerprint density at radius 3 is 2.68 bits per heavy atom. The zero-order valence-electron chi connectivity index (χ0n) is 11.4. The predicted molar refractivity (Wildman–Crippen MR) is 74.0 cm³/mol. The predicted octanol–water partition coefficient (Wildman–Crippen LogP) is 2.48. The summed E-state index contributed by atoms with van der Waals surface area (Å²) in [5, 5.41) is 0. The van der Waals surface area contributed by atoms with E-state index in [0.29, 0.717) is 0 Å². The second-order valence-corrected chi connectivity index (χ2v) is 5.56. The normalized spacial score (nSPS) is 21.3. The molecule has 1 aliphatic heterocycles. The molecule has 19 heavy (non-hydrogen) atoms. The Labute approximate surface area is 112 Å². The summed E-state index contributed by atoms with van der Waals surface area (Å²) in [5.74, 6) is 0.130. The smallest absolute Gasteiger partial charge is 0.234 e. The second-order valence-electron chi connectivity index (χ2n) is 5.56. The van der Waals surface area contributed by atoms with E-state index in [9.17, 15) is 4.79 Å². The van der Waals surface area contributed by atoms with Crippen molar-refractivity contribution in [1.29, 1.82) is 0 Å². The van der Waals surface area contributed by atoms with Crippen LogP contribution in [0.15, 0.2) is 43.0 Å². The summed E-state index contributed by atoms with van der Waals surface area (Å²) < 4.78 is 2.02. The monoisotopic (exact) mass is 255 g/mol. The Morgan fingerprint density at radius 2 is 2.00 bits per heavy atom. The van der Waals surface area contributed by atoms with Crippen molar-refractivity contribution in [2.75, 3.05) is 11.9 Å². The Morgan fingerprint density at radius 1 is 1.26 bits per heavy atom. The number of nitrogens with zero attached hydrogens (tertiary/aromatic N) is 3. The maximum atomic E-state index is 12.6. The van der Waals surface area contributed by atoms with Crippen LogP contribution in [-0.2, 0) is 4.79 Å². The number of amides is 1. The first-order chi connectivity index (χ1) is 9.03. The molecule has 0 bridgehead atoms. The van der Waals surface area contributed by atoms with E-state index in [1.165, 1.54) is 0 Å². The summed E-state index contributed by atoms with van der Waals surface area (Å²) >= 11 is 0. The molecule has 1 unspecified atom stereocenters. The fourth-order valence-corrected chi connectivity index (χ4v) is 3.03. The second kappa shape index (κ2) is 3.95. The number of carbonyl (C=O) groups is 1. The third-order valence-corrected chi connectivity index (χ3v) is 3.96. The number of imidazole rings is 1. The Kier molecular flexibility index (Phi) is 2.49. The van der Waals surface area contributed by atoms with Crippen molar-refractivity contribution < 1.29 is 4.79 Å². The van der Waals surface area contributed by atoms with Crippen LogP contribution in [0.3, 0.4) is 0 Å². The van der Waals surface area contributed by atoms with Gasteiger partial charge in [-0.25, -0.2) is 4.98 Å². The van der Waals surface area contributed by atoms with Gasteiger partial charge in [0.15, 0.2) is 0 Å². The van der Waals surface area contributed by atoms with Crippen LogP contribution < -0.4 is 4.90 Å². The van der Waals surface area contributed by atoms with Crippen LogP contribution >= 0.6 is 0 Å². The van der Waals surface area contributed by atoms with E-state index in [1.807, 2.05) is 49.9 Å². The molecule has 1 amide bonds. The lowest BCUT2D eigenvalue weighted by Crippen LogP contribution is -2.48. The van der Waals surface area contributed by atoms with Gasteiger partial charge in [0.1, 0.15) is 0 Å². The third kappa shape index (κ3) is 1.59. The third-order valence-electron chi connectivity index (χ3n) is 3.96. The first-order valence-electron chi connectivity index (χ1n) is 6.38. The molecule has 1 aromatic carbocycles. The number of rotatable bonds is 1. The molecular formula is C15H17N3O. The van der Waals surface area contributed by atoms with Crippen molar-refractivity contribution in [3.63, 3.8) is 0 Å². The average molecular weight is 255 g/mol. The number of anilines is 1. The minimum Gasteiger partial charge on any atom is -0.329 e. The summed E-state index contributed by atoms with van der Waals surface area (Å²) in [6.07, 6.45) is 5.45. The summed E-state index contributed by atoms with van der Waals surface area (Å²) in [7, 11) is 1.84. The van der Waals surface area contributed by atoms with Crippen LogP contribution in [0.5, 0.6) is 0 Å². The molecule has 3 rings (SSSR count). The fourth-order valence-electron chi connectivity index (χ4n) is 3.03. The first kappa shape index (κ1) is 12.0. The molecule has 0 spiro atoms. The van der Waals surface area contributed by atoms with Crippen molar-refractivity contribution in [2.24, 2.45) is 5.41 Å². The molecule has 1 aromatic heterocycles. The van der Waals surface area contributed by atoms with Gasteiger partial charge < -0.3 is 9.47 Å². The van der Waals surface area contributed by atoms with Gasteiger partial charge >= 0.3 is 0 Å². The van der Waals surface area contributed by atoms with E-state index in [0.717, 1.165) is 11.3 Å². The highest BCUT2D eigenvalue weighted by Gasteiger charge is 2.46. The van der Waals surface area contributed by atoms with Gasteiger partial charge in [0, 0.05) is 25.1 Å². The van der Waals surface area contributed by atoms with Crippen molar-refractivity contribution in [3.05, 3.63) is 48.5 Å². The number of benzene rings is 1. The van der Waals surface area contributed by atoms with Gasteiger partial charge in [-0.05, 0) is 25.5 Å². The SMILES string of the molecule is CN1C(=O)C(C)(C)C(n2ccnc2)c2ccccc21. The topological polar surface area (TPSA) is 38.1 Å². The zero-order chi connectivity index (χ0) is 13.6. The lowest BCUT2D eigenvalue weighted by Gasteiger charge is -2.43. The number of fused-ring (bicyclic) bond motifs is 1. The molecule has 0 radical (unpaired) electrons. The minimum atomic E-state index is -0.496. The number of para-hydroxylation sites is 1. The molecule has 0 aliphatic carbocycles. The van der Waals surface area contributed by atoms with Crippen molar-refractivity contribution in [2.45, 2.75) is 19.9 Å². The van der Waals surface area contributed by atoms with Crippen molar-refractivity contribution >= 4 is 11.6 Å². The average Bonchev–Trinajstić information content (AvgIpc) is 2.90. The minimum absolute atomic E-state index is 0.0186. The summed E-state index contributed by atoms with van der Waals surface area (Å²) in [6.45, 7) is 3.98. The van der Waals surface area contributed by atoms with Gasteiger partial charge in [-0.1, -0.05) is 18.2 Å². The highest BCUT2D eigenvalue weighted by molar-refractivity contribution is 6.00. The molecule has 2 aromatic rings. The molecule has 98 valence electrons. The van der Waals surface area contributed by atoms with Crippen LogP contribution in [0.4, 0.5) is 5.69 Å². The molecular weight excluding hydrogens is 238 g/mol. The standard InChI is InChI=1S/C15H17N3O/c1-15(2)13(18-9-8-16-10-18)11-6-4-5-7-12(11)17(3)14(15)19/h4-10,13H,1-3H3. The van der Waals surface area contributed by atoms with Gasteiger partial charge in [0.25, 0.3) is 0 Å². The largest absolute Gasteiger partial charge is 0.329 e. The van der Waals surface area contributed by atoms with E-state index in [1.54, 1.807) is 17.4 Å². The first-order valence-corrected chi connectivity index (χ1v) is 6.38. The lowest BCUT2D eigenvalue weighted by atomic mass is 9.75. The Hall–Kier alpha value is -2.10. The van der Waals surface area contributed by atoms with E-state index >= 15 is 0 Å². The van der Waals surface area contributed by atoms with E-state index in [2.05, 4.69) is 11.1 Å². The van der Waals surface area contributed by atoms with Gasteiger partial charge in [0.05, 0.1) is 17.8 Å². The molecule has 0 fully saturated rings. The van der Waals surface area contributed by atoms with Crippen LogP contribution in [0.25, 0.3) is 0 Å². The quantitative estimate of drug-likeness (QED) is 0.785. The highest BCUT2D eigenvalue weighted by Crippen LogP contribution is 2.46. The fraction of sp³-hybridized carbons (Fsp3) is 0.333. The molecule has 2 heterocycles. The van der Waals surface area contributed by atoms with Crippen LogP contribution in [-0.4, -0.2) is 22.5 Å². The van der Waals surface area contributed by atoms with Crippen LogP contribution in [0.2, 0.25) is 0 Å². The van der Waals surface area contributed by atoms with Gasteiger partial charge in [-0.15, -0.1) is 0 Å². The molecule has 1 aliphatic rings. The number of hydrogen-bond acceptors (Lipinski definition) is 2. The summed E-state index contributed by atoms with van der Waals surface area (Å²) in [4.78, 5) is 18.5. The van der Waals surface area contributed by atoms with Crippen molar-refractivity contribution in [1.82, 2.24) is 9.55 Å². The molecule has 0 N–H and O–H groups in total. The number of aromatic nitrogens is 2. The van der Waals surface area contributed by atoms with E-state index in [-0.39, 0.29) is 11.9 Å². The maximum absolute atomic E-state index is 12.6. The Balaban J connectivity index is 2.26. The number of hydrogen-bond donors (Lipinski definition) is 0. The van der Waals surface area contributed by atoms with Crippen LogP contribution in [0.1, 0.15) is 25.5 Å². The molecule has 1 atom stereocenters. The van der Waals surface area contributed by atoms with Gasteiger partial charge in [0.2, 0.25) is 5.91 Å². The van der Waals surface area contributed by atoms with Crippen molar-refractivity contribution in [3.8, 4) is 0 Å². The highest BCUT2D eigenvalue weighted by atomic mass is 16.2. The molecule has 0 saturated carbocycles. The Bertz CT molecular complexity index is 616. The lowest BCUT2D eigenvalue weighted by molar-refractivity contribution is -0.128. The van der Waals surface area contributed by atoms with Crippen LogP contribution in [0, 0.1) is 5.41 Å². The van der Waals surface area contributed by atoms with E-state index < -0.39 is 5.41 Å². The van der Waals surface area contributed by atoms with Gasteiger partial charge in [-0.2, -0.15) is 0 Å². The van der Waals surface area contributed by atoms with Gasteiger partial charge in [-0.3, -0.25) is 4.79 Å². The zero-order valence-corrected chi connectivity index (χ0v) is 11.4. The summed E-state index contributed by atoms with van der Waals surface area (Å²) in [6, 6.07) is 8.04. The number of carbonyl (C=O) groups excluding carboxylic acids is 1. The molecule has 4 heteroatoms. The molecule has 4 nitrogen and oxygen atoms in total.